The molecule has 2 aromatic heterocycles. The molecule has 9 nitrogen and oxygen atoms in total. The highest BCUT2D eigenvalue weighted by Crippen LogP contribution is 2.56. The Morgan fingerprint density at radius 1 is 1.21 bits per heavy atom. The fourth-order valence-corrected chi connectivity index (χ4v) is 4.48. The van der Waals surface area contributed by atoms with Crippen molar-refractivity contribution in [1.82, 2.24) is 35.3 Å². The highest BCUT2D eigenvalue weighted by atomic mass is 16.4. The Bertz CT molecular complexity index is 999. The van der Waals surface area contributed by atoms with E-state index >= 15 is 0 Å². The first kappa shape index (κ1) is 17.0. The maximum absolute atomic E-state index is 13.3. The average molecular weight is 379 g/mol. The standard InChI is InChI=1S/C19H21N7O2/c1-2-15-20-22-18(28-15)19-10-8-14(19)9-11-25(19)16(27)12-26-17(21-23-24-26)13-6-4-3-5-7-13/h3-7,14H,2,8-12H2,1H3/t14-,19-/m0/s1. The second-order valence-corrected chi connectivity index (χ2v) is 7.37. The number of rotatable bonds is 5. The van der Waals surface area contributed by atoms with Gasteiger partial charge in [-0.2, -0.15) is 0 Å². The molecule has 0 bridgehead atoms. The molecule has 1 saturated heterocycles. The minimum absolute atomic E-state index is 0.0251. The Morgan fingerprint density at radius 2 is 2.07 bits per heavy atom. The number of carbonyl (C=O) groups is 1. The second kappa shape index (κ2) is 6.50. The third kappa shape index (κ3) is 2.45. The van der Waals surface area contributed by atoms with E-state index in [9.17, 15) is 4.79 Å². The number of amides is 1. The molecule has 5 rings (SSSR count). The molecule has 3 heterocycles. The smallest absolute Gasteiger partial charge is 0.245 e. The van der Waals surface area contributed by atoms with Crippen LogP contribution in [0.5, 0.6) is 0 Å². The minimum Gasteiger partial charge on any atom is -0.423 e. The van der Waals surface area contributed by atoms with Crippen LogP contribution in [0, 0.1) is 5.92 Å². The molecule has 1 aliphatic carbocycles. The summed E-state index contributed by atoms with van der Waals surface area (Å²) in [6, 6.07) is 9.63. The van der Waals surface area contributed by atoms with E-state index in [0.717, 1.165) is 24.8 Å². The number of aromatic nitrogens is 6. The van der Waals surface area contributed by atoms with Crippen LogP contribution in [0.1, 0.15) is 38.0 Å². The molecule has 144 valence electrons. The van der Waals surface area contributed by atoms with E-state index in [4.69, 9.17) is 4.42 Å². The van der Waals surface area contributed by atoms with Crippen molar-refractivity contribution in [3.05, 3.63) is 42.1 Å². The number of aryl methyl sites for hydroxylation is 1. The van der Waals surface area contributed by atoms with Gasteiger partial charge in [0.1, 0.15) is 12.1 Å². The largest absolute Gasteiger partial charge is 0.423 e. The van der Waals surface area contributed by atoms with Gasteiger partial charge in [0.2, 0.25) is 17.7 Å². The molecule has 1 saturated carbocycles. The number of carbonyl (C=O) groups excluding carboxylic acids is 1. The van der Waals surface area contributed by atoms with Gasteiger partial charge < -0.3 is 9.32 Å². The highest BCUT2D eigenvalue weighted by molar-refractivity contribution is 5.78. The summed E-state index contributed by atoms with van der Waals surface area (Å²) in [5.74, 6) is 2.12. The Kier molecular flexibility index (Phi) is 3.96. The molecular formula is C19H21N7O2. The molecule has 2 fully saturated rings. The van der Waals surface area contributed by atoms with Gasteiger partial charge in [0.25, 0.3) is 0 Å². The Balaban J connectivity index is 1.42. The highest BCUT2D eigenvalue weighted by Gasteiger charge is 2.61. The first-order valence-electron chi connectivity index (χ1n) is 9.67. The minimum atomic E-state index is -0.460. The number of hydrogen-bond acceptors (Lipinski definition) is 7. The second-order valence-electron chi connectivity index (χ2n) is 7.37. The number of tetrazole rings is 1. The zero-order chi connectivity index (χ0) is 19.1. The third-order valence-electron chi connectivity index (χ3n) is 6.02. The lowest BCUT2D eigenvalue weighted by molar-refractivity contribution is -0.143. The number of fused-ring (bicyclic) bond motifs is 1. The van der Waals surface area contributed by atoms with Gasteiger partial charge in [-0.15, -0.1) is 15.3 Å². The summed E-state index contributed by atoms with van der Waals surface area (Å²) in [6.45, 7) is 2.75. The van der Waals surface area contributed by atoms with Crippen LogP contribution in [0.15, 0.2) is 34.7 Å². The zero-order valence-corrected chi connectivity index (χ0v) is 15.7. The van der Waals surface area contributed by atoms with Gasteiger partial charge in [-0.05, 0) is 35.6 Å². The molecule has 28 heavy (non-hydrogen) atoms. The fraction of sp³-hybridized carbons (Fsp3) is 0.474. The van der Waals surface area contributed by atoms with Crippen molar-refractivity contribution >= 4 is 5.91 Å². The van der Waals surface area contributed by atoms with Gasteiger partial charge in [-0.25, -0.2) is 4.68 Å². The third-order valence-corrected chi connectivity index (χ3v) is 6.02. The SMILES string of the molecule is CCc1nnc([C@]23CC[C@H]2CCN3C(=O)Cn2nnnc2-c2ccccc2)o1. The van der Waals surface area contributed by atoms with Crippen LogP contribution in [0.4, 0.5) is 0 Å². The van der Waals surface area contributed by atoms with Gasteiger partial charge in [0.05, 0.1) is 0 Å². The van der Waals surface area contributed by atoms with Crippen LogP contribution >= 0.6 is 0 Å². The van der Waals surface area contributed by atoms with Gasteiger partial charge in [-0.3, -0.25) is 4.79 Å². The average Bonchev–Trinajstić information content (AvgIpc) is 3.41. The van der Waals surface area contributed by atoms with E-state index in [1.165, 1.54) is 0 Å². The molecular weight excluding hydrogens is 358 g/mol. The fourth-order valence-electron chi connectivity index (χ4n) is 4.48. The Labute approximate surface area is 161 Å². The number of benzene rings is 1. The molecule has 0 radical (unpaired) electrons. The van der Waals surface area contributed by atoms with Crippen molar-refractivity contribution in [2.24, 2.45) is 5.92 Å². The summed E-state index contributed by atoms with van der Waals surface area (Å²) in [4.78, 5) is 15.2. The topological polar surface area (TPSA) is 103 Å². The van der Waals surface area contributed by atoms with Crippen LogP contribution in [0.25, 0.3) is 11.4 Å². The van der Waals surface area contributed by atoms with Crippen molar-refractivity contribution in [3.8, 4) is 11.4 Å². The number of hydrogen-bond donors (Lipinski definition) is 0. The first-order valence-corrected chi connectivity index (χ1v) is 9.67. The number of likely N-dealkylation sites (tertiary alicyclic amines) is 1. The van der Waals surface area contributed by atoms with Crippen LogP contribution in [0.2, 0.25) is 0 Å². The van der Waals surface area contributed by atoms with Crippen molar-refractivity contribution in [2.75, 3.05) is 6.54 Å². The van der Waals surface area contributed by atoms with Crippen LogP contribution in [-0.2, 0) is 23.3 Å². The molecule has 2 aliphatic rings. The van der Waals surface area contributed by atoms with Crippen LogP contribution < -0.4 is 0 Å². The van der Waals surface area contributed by atoms with E-state index in [-0.39, 0.29) is 12.5 Å². The Hall–Kier alpha value is -3.10. The van der Waals surface area contributed by atoms with E-state index in [1.807, 2.05) is 42.2 Å². The number of nitrogens with zero attached hydrogens (tertiary/aromatic N) is 7. The summed E-state index contributed by atoms with van der Waals surface area (Å²) in [7, 11) is 0. The summed E-state index contributed by atoms with van der Waals surface area (Å²) in [6.07, 6.45) is 3.58. The summed E-state index contributed by atoms with van der Waals surface area (Å²) in [5.41, 5.74) is 0.417. The van der Waals surface area contributed by atoms with Gasteiger partial charge >= 0.3 is 0 Å². The van der Waals surface area contributed by atoms with Crippen LogP contribution in [0.3, 0.4) is 0 Å². The van der Waals surface area contributed by atoms with Crippen molar-refractivity contribution in [3.63, 3.8) is 0 Å². The van der Waals surface area contributed by atoms with Crippen molar-refractivity contribution in [1.29, 1.82) is 0 Å². The van der Waals surface area contributed by atoms with E-state index in [2.05, 4.69) is 25.7 Å². The summed E-state index contributed by atoms with van der Waals surface area (Å²) in [5, 5.41) is 20.3. The first-order chi connectivity index (χ1) is 13.7. The normalized spacial score (nSPS) is 23.5. The van der Waals surface area contributed by atoms with E-state index in [0.29, 0.717) is 36.5 Å². The molecule has 1 aromatic carbocycles. The summed E-state index contributed by atoms with van der Waals surface area (Å²) >= 11 is 0. The predicted molar refractivity (Wildman–Crippen MR) is 97.7 cm³/mol. The lowest BCUT2D eigenvalue weighted by Crippen LogP contribution is -2.54. The maximum atomic E-state index is 13.3. The Morgan fingerprint density at radius 3 is 2.79 bits per heavy atom. The van der Waals surface area contributed by atoms with Gasteiger partial charge in [0, 0.05) is 18.5 Å². The molecule has 0 unspecified atom stereocenters. The molecule has 9 heteroatoms. The lowest BCUT2D eigenvalue weighted by atomic mass is 9.67. The lowest BCUT2D eigenvalue weighted by Gasteiger charge is -2.47. The van der Waals surface area contributed by atoms with E-state index < -0.39 is 5.54 Å². The molecule has 3 aromatic rings. The zero-order valence-electron chi connectivity index (χ0n) is 15.7. The van der Waals surface area contributed by atoms with Crippen molar-refractivity contribution < 1.29 is 9.21 Å². The van der Waals surface area contributed by atoms with Gasteiger partial charge in [0.15, 0.2) is 5.82 Å². The quantitative estimate of drug-likeness (QED) is 0.666. The monoisotopic (exact) mass is 379 g/mol. The molecule has 0 spiro atoms. The maximum Gasteiger partial charge on any atom is 0.245 e. The molecule has 0 N–H and O–H groups in total. The van der Waals surface area contributed by atoms with Crippen LogP contribution in [-0.4, -0.2) is 47.8 Å². The molecule has 1 aliphatic heterocycles. The summed E-state index contributed by atoms with van der Waals surface area (Å²) < 4.78 is 7.45. The molecule has 1 amide bonds. The predicted octanol–water partition coefficient (Wildman–Crippen LogP) is 1.82. The molecule has 2 atom stereocenters. The van der Waals surface area contributed by atoms with Gasteiger partial charge in [-0.1, -0.05) is 37.3 Å². The van der Waals surface area contributed by atoms with Crippen molar-refractivity contribution in [2.45, 2.75) is 44.7 Å². The van der Waals surface area contributed by atoms with E-state index in [1.54, 1.807) is 4.68 Å².